The molecule has 1 aliphatic carbocycles. The van der Waals surface area contributed by atoms with E-state index >= 15 is 0 Å². The Morgan fingerprint density at radius 1 is 1.07 bits per heavy atom. The lowest BCUT2D eigenvalue weighted by molar-refractivity contribution is -0.139. The van der Waals surface area contributed by atoms with Gasteiger partial charge in [-0.2, -0.15) is 5.10 Å². The van der Waals surface area contributed by atoms with Crippen molar-refractivity contribution in [2.45, 2.75) is 89.3 Å². The molecule has 4 N–H and O–H groups in total. The first-order valence-corrected chi connectivity index (χ1v) is 15.9. The van der Waals surface area contributed by atoms with E-state index in [0.29, 0.717) is 42.8 Å². The van der Waals surface area contributed by atoms with E-state index in [4.69, 9.17) is 17.3 Å². The Balaban J connectivity index is 1.27. The zero-order valence-electron chi connectivity index (χ0n) is 24.1. The van der Waals surface area contributed by atoms with Crippen molar-refractivity contribution in [2.75, 3.05) is 26.2 Å². The van der Waals surface area contributed by atoms with Gasteiger partial charge in [-0.15, -0.1) is 0 Å². The molecular weight excluding hydrogens is 538 g/mol. The molecule has 9 nitrogen and oxygen atoms in total. The molecule has 2 atom stereocenters. The van der Waals surface area contributed by atoms with E-state index in [1.54, 1.807) is 6.33 Å². The van der Waals surface area contributed by atoms with Crippen molar-refractivity contribution in [3.63, 3.8) is 0 Å². The van der Waals surface area contributed by atoms with Crippen molar-refractivity contribution in [2.24, 2.45) is 23.0 Å². The standard InChI is InChI=1S/C31H46ClN7O2/c32-26-8-6-23(7-9-26)19-28(37-29(40)27(33)18-24-10-14-34-15-11-24)30(41)38-16-12-31(13-17-38,20-39-22-35-21-36-39)25-4-2-1-3-5-25/h6-9,21-22,24-25,27-28,34H,1-5,10-20,33H2,(H,37,40). The zero-order chi connectivity index (χ0) is 28.7. The zero-order valence-corrected chi connectivity index (χ0v) is 24.9. The number of hydrogen-bond acceptors (Lipinski definition) is 6. The summed E-state index contributed by atoms with van der Waals surface area (Å²) in [7, 11) is 0. The predicted octanol–water partition coefficient (Wildman–Crippen LogP) is 3.57. The highest BCUT2D eigenvalue weighted by Crippen LogP contribution is 2.47. The van der Waals surface area contributed by atoms with Crippen molar-refractivity contribution in [3.05, 3.63) is 47.5 Å². The number of nitrogens with one attached hydrogen (secondary N) is 2. The van der Waals surface area contributed by atoms with Gasteiger partial charge in [-0.3, -0.25) is 14.3 Å². The van der Waals surface area contributed by atoms with Crippen LogP contribution in [-0.2, 0) is 22.6 Å². The van der Waals surface area contributed by atoms with Crippen molar-refractivity contribution >= 4 is 23.4 Å². The number of aromatic nitrogens is 3. The summed E-state index contributed by atoms with van der Waals surface area (Å²) in [5.41, 5.74) is 7.45. The fraction of sp³-hybridized carbons (Fsp3) is 0.677. The molecule has 2 aromatic rings. The molecule has 1 aromatic carbocycles. The average molecular weight is 584 g/mol. The maximum absolute atomic E-state index is 14.0. The highest BCUT2D eigenvalue weighted by Gasteiger charge is 2.44. The molecule has 1 saturated carbocycles. The molecule has 0 radical (unpaired) electrons. The number of carbonyl (C=O) groups excluding carboxylic acids is 2. The summed E-state index contributed by atoms with van der Waals surface area (Å²) in [6, 6.07) is 6.21. The number of nitrogens with zero attached hydrogens (tertiary/aromatic N) is 4. The second-order valence-electron chi connectivity index (χ2n) is 12.5. The van der Waals surface area contributed by atoms with Gasteiger partial charge in [0.05, 0.1) is 6.04 Å². The van der Waals surface area contributed by atoms with Gasteiger partial charge in [-0.1, -0.05) is 43.0 Å². The molecule has 2 aliphatic heterocycles. The van der Waals surface area contributed by atoms with Gasteiger partial charge in [-0.05, 0) is 93.0 Å². The van der Waals surface area contributed by atoms with Crippen LogP contribution in [0.4, 0.5) is 0 Å². The topological polar surface area (TPSA) is 118 Å². The molecule has 3 aliphatic rings. The van der Waals surface area contributed by atoms with Crippen LogP contribution in [0.25, 0.3) is 0 Å². The van der Waals surface area contributed by atoms with Crippen LogP contribution in [0.15, 0.2) is 36.9 Å². The minimum atomic E-state index is -0.666. The van der Waals surface area contributed by atoms with Crippen LogP contribution in [0.1, 0.15) is 69.8 Å². The van der Waals surface area contributed by atoms with Crippen molar-refractivity contribution in [1.82, 2.24) is 30.3 Å². The number of likely N-dealkylation sites (tertiary alicyclic amines) is 1. The molecule has 2 amide bonds. The Labute approximate surface area is 249 Å². The number of benzene rings is 1. The molecule has 224 valence electrons. The van der Waals surface area contributed by atoms with E-state index in [2.05, 4.69) is 20.7 Å². The van der Waals surface area contributed by atoms with Crippen LogP contribution in [0.3, 0.4) is 0 Å². The van der Waals surface area contributed by atoms with Crippen molar-refractivity contribution < 1.29 is 9.59 Å². The largest absolute Gasteiger partial charge is 0.343 e. The third kappa shape index (κ3) is 7.87. The number of rotatable bonds is 10. The lowest BCUT2D eigenvalue weighted by Crippen LogP contribution is -2.56. The van der Waals surface area contributed by atoms with Gasteiger partial charge in [0, 0.05) is 31.1 Å². The molecule has 0 bridgehead atoms. The Hall–Kier alpha value is -2.49. The van der Waals surface area contributed by atoms with Gasteiger partial charge >= 0.3 is 0 Å². The molecule has 3 heterocycles. The van der Waals surface area contributed by atoms with Crippen LogP contribution in [0.5, 0.6) is 0 Å². The van der Waals surface area contributed by atoms with Gasteiger partial charge in [-0.25, -0.2) is 4.98 Å². The molecule has 0 spiro atoms. The summed E-state index contributed by atoms with van der Waals surface area (Å²) in [6.07, 6.45) is 14.7. The summed E-state index contributed by atoms with van der Waals surface area (Å²) >= 11 is 6.12. The van der Waals surface area contributed by atoms with Crippen LogP contribution >= 0.6 is 11.6 Å². The quantitative estimate of drug-likeness (QED) is 0.394. The second kappa shape index (κ2) is 14.1. The maximum Gasteiger partial charge on any atom is 0.245 e. The summed E-state index contributed by atoms with van der Waals surface area (Å²) < 4.78 is 1.97. The first-order valence-electron chi connectivity index (χ1n) is 15.5. The summed E-state index contributed by atoms with van der Waals surface area (Å²) in [6.45, 7) is 4.13. The molecular formula is C31H46ClN7O2. The average Bonchev–Trinajstić information content (AvgIpc) is 3.51. The lowest BCUT2D eigenvalue weighted by atomic mass is 9.63. The minimum Gasteiger partial charge on any atom is -0.343 e. The van der Waals surface area contributed by atoms with Crippen molar-refractivity contribution in [1.29, 1.82) is 0 Å². The van der Waals surface area contributed by atoms with E-state index in [-0.39, 0.29) is 17.2 Å². The fourth-order valence-electron chi connectivity index (χ4n) is 7.36. The summed E-state index contributed by atoms with van der Waals surface area (Å²) in [4.78, 5) is 33.5. The number of halogens is 1. The maximum atomic E-state index is 14.0. The van der Waals surface area contributed by atoms with E-state index in [9.17, 15) is 9.59 Å². The van der Waals surface area contributed by atoms with Crippen LogP contribution < -0.4 is 16.4 Å². The van der Waals surface area contributed by atoms with E-state index in [1.807, 2.05) is 40.2 Å². The highest BCUT2D eigenvalue weighted by atomic mass is 35.5. The molecule has 41 heavy (non-hydrogen) atoms. The number of amides is 2. The van der Waals surface area contributed by atoms with Crippen LogP contribution in [-0.4, -0.2) is 69.7 Å². The Morgan fingerprint density at radius 3 is 2.44 bits per heavy atom. The SMILES string of the molecule is NC(CC1CCNCC1)C(=O)NC(Cc1ccc(Cl)cc1)C(=O)N1CCC(Cn2cncn2)(C2CCCCC2)CC1. The van der Waals surface area contributed by atoms with Gasteiger partial charge in [0.1, 0.15) is 18.7 Å². The lowest BCUT2D eigenvalue weighted by Gasteiger charge is -2.48. The molecule has 2 unspecified atom stereocenters. The normalized spacial score (nSPS) is 21.8. The third-order valence-electron chi connectivity index (χ3n) is 9.84. The minimum absolute atomic E-state index is 0.0274. The molecule has 10 heteroatoms. The number of nitrogens with two attached hydrogens (primary N) is 1. The summed E-state index contributed by atoms with van der Waals surface area (Å²) in [5.74, 6) is 0.800. The van der Waals surface area contributed by atoms with E-state index < -0.39 is 12.1 Å². The van der Waals surface area contributed by atoms with Crippen molar-refractivity contribution in [3.8, 4) is 0 Å². The molecule has 3 fully saturated rings. The summed E-state index contributed by atoms with van der Waals surface area (Å²) in [5, 5.41) is 11.5. The third-order valence-corrected chi connectivity index (χ3v) is 10.1. The predicted molar refractivity (Wildman–Crippen MR) is 160 cm³/mol. The van der Waals surface area contributed by atoms with Gasteiger partial charge in [0.2, 0.25) is 11.8 Å². The van der Waals surface area contributed by atoms with E-state index in [0.717, 1.165) is 50.9 Å². The van der Waals surface area contributed by atoms with Crippen LogP contribution in [0, 0.1) is 17.3 Å². The van der Waals surface area contributed by atoms with Crippen LogP contribution in [0.2, 0.25) is 5.02 Å². The number of piperidine rings is 2. The molecule has 1 aromatic heterocycles. The fourth-order valence-corrected chi connectivity index (χ4v) is 7.48. The first-order chi connectivity index (χ1) is 19.9. The Morgan fingerprint density at radius 2 is 1.78 bits per heavy atom. The number of hydrogen-bond donors (Lipinski definition) is 3. The van der Waals surface area contributed by atoms with Gasteiger partial charge in [0.15, 0.2) is 0 Å². The monoisotopic (exact) mass is 583 g/mol. The molecule has 2 saturated heterocycles. The number of carbonyl (C=O) groups is 2. The Kier molecular flexibility index (Phi) is 10.3. The van der Waals surface area contributed by atoms with Gasteiger partial charge < -0.3 is 21.3 Å². The Bertz CT molecular complexity index is 1110. The highest BCUT2D eigenvalue weighted by molar-refractivity contribution is 6.30. The second-order valence-corrected chi connectivity index (χ2v) is 13.0. The smallest absolute Gasteiger partial charge is 0.245 e. The molecule has 5 rings (SSSR count). The van der Waals surface area contributed by atoms with Gasteiger partial charge in [0.25, 0.3) is 0 Å². The first kappa shape index (κ1) is 30.0. The van der Waals surface area contributed by atoms with E-state index in [1.165, 1.54) is 32.1 Å².